The Kier molecular flexibility index (Phi) is 3.99. The average Bonchev–Trinajstić information content (AvgIpc) is 3.17. The van der Waals surface area contributed by atoms with Crippen LogP contribution < -0.4 is 4.74 Å². The highest BCUT2D eigenvalue weighted by Gasteiger charge is 2.29. The van der Waals surface area contributed by atoms with Crippen LogP contribution in [0.5, 0.6) is 5.75 Å². The van der Waals surface area contributed by atoms with Crippen LogP contribution in [0, 0.1) is 0 Å². The van der Waals surface area contributed by atoms with E-state index in [9.17, 15) is 4.79 Å². The number of nitrogens with zero attached hydrogens (tertiary/aromatic N) is 2. The summed E-state index contributed by atoms with van der Waals surface area (Å²) in [6.45, 7) is 0.153. The normalized spacial score (nSPS) is 14.2. The van der Waals surface area contributed by atoms with Gasteiger partial charge in [0.2, 0.25) is 11.7 Å². The number of carboxylic acids is 1. The van der Waals surface area contributed by atoms with Crippen molar-refractivity contribution in [3.63, 3.8) is 0 Å². The molecule has 6 nitrogen and oxygen atoms in total. The largest absolute Gasteiger partial charge is 0.483 e. The van der Waals surface area contributed by atoms with E-state index in [1.54, 1.807) is 0 Å². The summed E-state index contributed by atoms with van der Waals surface area (Å²) in [6, 6.07) is 2.96. The molecule has 0 radical (unpaired) electrons. The Morgan fingerprint density at radius 2 is 2.05 bits per heavy atom. The summed E-state index contributed by atoms with van der Waals surface area (Å²) in [6.07, 6.45) is 2.19. The molecule has 110 valence electrons. The SMILES string of the molecule is O=C(O)c1cc(Br)c(OCc2noc(C3CC3)n2)c(Br)c1. The van der Waals surface area contributed by atoms with Crippen LogP contribution in [-0.2, 0) is 6.61 Å². The van der Waals surface area contributed by atoms with Gasteiger partial charge in [0.15, 0.2) is 6.61 Å². The minimum atomic E-state index is -1.00. The fourth-order valence-corrected chi connectivity index (χ4v) is 3.20. The molecule has 1 aliphatic carbocycles. The quantitative estimate of drug-likeness (QED) is 0.797. The second-order valence-corrected chi connectivity index (χ2v) is 6.39. The van der Waals surface area contributed by atoms with Crippen molar-refractivity contribution in [1.29, 1.82) is 0 Å². The predicted molar refractivity (Wildman–Crippen MR) is 79.4 cm³/mol. The Hall–Kier alpha value is -1.41. The summed E-state index contributed by atoms with van der Waals surface area (Å²) in [5.41, 5.74) is 0.164. The van der Waals surface area contributed by atoms with Gasteiger partial charge in [-0.05, 0) is 56.8 Å². The van der Waals surface area contributed by atoms with Crippen LogP contribution in [0.3, 0.4) is 0 Å². The molecular formula is C13H10Br2N2O4. The van der Waals surface area contributed by atoms with Crippen LogP contribution >= 0.6 is 31.9 Å². The highest BCUT2D eigenvalue weighted by molar-refractivity contribution is 9.11. The predicted octanol–water partition coefficient (Wildman–Crippen LogP) is 3.75. The minimum Gasteiger partial charge on any atom is -0.483 e. The van der Waals surface area contributed by atoms with Crippen molar-refractivity contribution in [3.05, 3.63) is 38.4 Å². The van der Waals surface area contributed by atoms with Crippen LogP contribution in [0.2, 0.25) is 0 Å². The maximum atomic E-state index is 11.0. The van der Waals surface area contributed by atoms with Crippen LogP contribution in [0.4, 0.5) is 0 Å². The molecule has 1 N–H and O–H groups in total. The van der Waals surface area contributed by atoms with Gasteiger partial charge in [-0.2, -0.15) is 4.98 Å². The number of carbonyl (C=O) groups is 1. The van der Waals surface area contributed by atoms with Crippen LogP contribution in [-0.4, -0.2) is 21.2 Å². The summed E-state index contributed by atoms with van der Waals surface area (Å²) in [7, 11) is 0. The lowest BCUT2D eigenvalue weighted by Gasteiger charge is -2.09. The summed E-state index contributed by atoms with van der Waals surface area (Å²) in [5.74, 6) is 1.03. The number of hydrogen-bond acceptors (Lipinski definition) is 5. The Labute approximate surface area is 136 Å². The third-order valence-electron chi connectivity index (χ3n) is 3.00. The van der Waals surface area contributed by atoms with E-state index in [-0.39, 0.29) is 12.2 Å². The molecule has 1 fully saturated rings. The van der Waals surface area contributed by atoms with Crippen molar-refractivity contribution in [1.82, 2.24) is 10.1 Å². The van der Waals surface area contributed by atoms with Crippen molar-refractivity contribution in [2.75, 3.05) is 0 Å². The van der Waals surface area contributed by atoms with Crippen molar-refractivity contribution in [3.8, 4) is 5.75 Å². The first-order chi connectivity index (χ1) is 10.0. The molecule has 0 bridgehead atoms. The van der Waals surface area contributed by atoms with E-state index in [2.05, 4.69) is 42.0 Å². The number of halogens is 2. The smallest absolute Gasteiger partial charge is 0.335 e. The number of hydrogen-bond donors (Lipinski definition) is 1. The van der Waals surface area contributed by atoms with Crippen molar-refractivity contribution < 1.29 is 19.2 Å². The monoisotopic (exact) mass is 416 g/mol. The van der Waals surface area contributed by atoms with E-state index in [1.807, 2.05) is 0 Å². The van der Waals surface area contributed by atoms with Gasteiger partial charge >= 0.3 is 5.97 Å². The van der Waals surface area contributed by atoms with Gasteiger partial charge in [0, 0.05) is 5.92 Å². The summed E-state index contributed by atoms with van der Waals surface area (Å²) < 4.78 is 11.9. The second-order valence-electron chi connectivity index (χ2n) is 4.69. The van der Waals surface area contributed by atoms with Gasteiger partial charge in [0.25, 0.3) is 0 Å². The van der Waals surface area contributed by atoms with Gasteiger partial charge in [-0.25, -0.2) is 4.79 Å². The Bertz CT molecular complexity index is 674. The molecule has 0 aliphatic heterocycles. The highest BCUT2D eigenvalue weighted by Crippen LogP contribution is 2.39. The van der Waals surface area contributed by atoms with Gasteiger partial charge < -0.3 is 14.4 Å². The molecule has 1 aromatic heterocycles. The zero-order valence-electron chi connectivity index (χ0n) is 10.7. The van der Waals surface area contributed by atoms with Crippen LogP contribution in [0.1, 0.15) is 40.8 Å². The van der Waals surface area contributed by atoms with Crippen molar-refractivity contribution in [2.24, 2.45) is 0 Å². The van der Waals surface area contributed by atoms with Gasteiger partial charge in [0.05, 0.1) is 14.5 Å². The summed E-state index contributed by atoms with van der Waals surface area (Å²) >= 11 is 6.59. The molecular weight excluding hydrogens is 408 g/mol. The average molecular weight is 418 g/mol. The van der Waals surface area contributed by atoms with Crippen molar-refractivity contribution in [2.45, 2.75) is 25.4 Å². The van der Waals surface area contributed by atoms with E-state index in [4.69, 9.17) is 14.4 Å². The molecule has 3 rings (SSSR count). The molecule has 0 amide bonds. The molecule has 0 saturated heterocycles. The van der Waals surface area contributed by atoms with E-state index in [1.165, 1.54) is 12.1 Å². The van der Waals surface area contributed by atoms with Crippen LogP contribution in [0.25, 0.3) is 0 Å². The van der Waals surface area contributed by atoms with Gasteiger partial charge in [-0.1, -0.05) is 5.16 Å². The molecule has 1 saturated carbocycles. The van der Waals surface area contributed by atoms with Gasteiger partial charge in [0.1, 0.15) is 5.75 Å². The fraction of sp³-hybridized carbons (Fsp3) is 0.308. The first-order valence-corrected chi connectivity index (χ1v) is 7.81. The Morgan fingerprint density at radius 1 is 1.38 bits per heavy atom. The van der Waals surface area contributed by atoms with Crippen LogP contribution in [0.15, 0.2) is 25.6 Å². The number of rotatable bonds is 5. The number of benzene rings is 1. The summed E-state index contributed by atoms with van der Waals surface area (Å²) in [4.78, 5) is 15.2. The molecule has 21 heavy (non-hydrogen) atoms. The lowest BCUT2D eigenvalue weighted by Crippen LogP contribution is -2.01. The van der Waals surface area contributed by atoms with E-state index in [0.29, 0.717) is 32.3 Å². The fourth-order valence-electron chi connectivity index (χ4n) is 1.78. The molecule has 1 heterocycles. The standard InChI is InChI=1S/C13H10Br2N2O4/c14-8-3-7(13(18)19)4-9(15)11(8)20-5-10-16-12(21-17-10)6-1-2-6/h3-4,6H,1-2,5H2,(H,18,19). The lowest BCUT2D eigenvalue weighted by atomic mass is 10.2. The molecule has 0 spiro atoms. The first kappa shape index (κ1) is 14.5. The number of aromatic nitrogens is 2. The van der Waals surface area contributed by atoms with E-state index in [0.717, 1.165) is 12.8 Å². The number of ether oxygens (including phenoxy) is 1. The van der Waals surface area contributed by atoms with Gasteiger partial charge in [-0.15, -0.1) is 0 Å². The highest BCUT2D eigenvalue weighted by atomic mass is 79.9. The second kappa shape index (κ2) is 5.76. The Morgan fingerprint density at radius 3 is 2.62 bits per heavy atom. The summed E-state index contributed by atoms with van der Waals surface area (Å²) in [5, 5.41) is 12.8. The Balaban J connectivity index is 1.73. The maximum absolute atomic E-state index is 11.0. The first-order valence-electron chi connectivity index (χ1n) is 6.22. The lowest BCUT2D eigenvalue weighted by molar-refractivity contribution is 0.0696. The third-order valence-corrected chi connectivity index (χ3v) is 4.18. The third kappa shape index (κ3) is 3.26. The molecule has 2 aromatic rings. The van der Waals surface area contributed by atoms with Gasteiger partial charge in [-0.3, -0.25) is 0 Å². The zero-order chi connectivity index (χ0) is 15.0. The molecule has 8 heteroatoms. The molecule has 0 atom stereocenters. The van der Waals surface area contributed by atoms with Crippen molar-refractivity contribution >= 4 is 37.8 Å². The zero-order valence-corrected chi connectivity index (χ0v) is 13.8. The number of aromatic carboxylic acids is 1. The topological polar surface area (TPSA) is 85.5 Å². The maximum Gasteiger partial charge on any atom is 0.335 e. The van der Waals surface area contributed by atoms with E-state index < -0.39 is 5.97 Å². The molecule has 0 unspecified atom stereocenters. The van der Waals surface area contributed by atoms with E-state index >= 15 is 0 Å². The molecule has 1 aliphatic rings. The minimum absolute atomic E-state index is 0.153. The number of carboxylic acid groups (broad SMARTS) is 1. The molecule has 1 aromatic carbocycles.